The fourth-order valence-corrected chi connectivity index (χ4v) is 1.64. The van der Waals surface area contributed by atoms with Crippen LogP contribution in [-0.4, -0.2) is 29.2 Å². The van der Waals surface area contributed by atoms with Gasteiger partial charge in [-0.25, -0.2) is 9.97 Å². The van der Waals surface area contributed by atoms with E-state index in [1.807, 2.05) is 0 Å². The Morgan fingerprint density at radius 3 is 2.88 bits per heavy atom. The Bertz CT molecular complexity index is 377. The zero-order chi connectivity index (χ0) is 12.3. The molecule has 1 unspecified atom stereocenters. The molecule has 1 N–H and O–H groups in total. The van der Waals surface area contributed by atoms with Crippen LogP contribution >= 0.6 is 0 Å². The summed E-state index contributed by atoms with van der Waals surface area (Å²) in [6.07, 6.45) is -1.65. The Hall–Kier alpha value is -1.37. The van der Waals surface area contributed by atoms with Crippen LogP contribution in [0.15, 0.2) is 12.3 Å². The summed E-state index contributed by atoms with van der Waals surface area (Å²) < 4.78 is 42.3. The number of alkyl halides is 3. The molecule has 1 aromatic heterocycles. The number of nitrogens with one attached hydrogen (secondary N) is 1. The van der Waals surface area contributed by atoms with Crippen molar-refractivity contribution in [2.45, 2.75) is 25.1 Å². The van der Waals surface area contributed by atoms with Crippen molar-refractivity contribution < 1.29 is 17.9 Å². The van der Waals surface area contributed by atoms with Gasteiger partial charge in [-0.1, -0.05) is 0 Å². The van der Waals surface area contributed by atoms with Crippen molar-refractivity contribution in [1.29, 1.82) is 0 Å². The number of aromatic nitrogens is 2. The van der Waals surface area contributed by atoms with Crippen LogP contribution in [0.3, 0.4) is 0 Å². The Balaban J connectivity index is 2.05. The number of nitrogens with zero attached hydrogens (tertiary/aromatic N) is 2. The maximum absolute atomic E-state index is 12.4. The van der Waals surface area contributed by atoms with E-state index in [1.165, 1.54) is 6.07 Å². The third-order valence-corrected chi connectivity index (χ3v) is 2.42. The summed E-state index contributed by atoms with van der Waals surface area (Å²) in [6.45, 7) is 1.20. The van der Waals surface area contributed by atoms with Crippen molar-refractivity contribution in [3.63, 3.8) is 0 Å². The fourth-order valence-electron chi connectivity index (χ4n) is 1.64. The molecule has 2 heterocycles. The minimum atomic E-state index is -4.51. The molecule has 0 bridgehead atoms. The van der Waals surface area contributed by atoms with Crippen molar-refractivity contribution in [2.24, 2.45) is 0 Å². The summed E-state index contributed by atoms with van der Waals surface area (Å²) in [6, 6.07) is 1.43. The highest BCUT2D eigenvalue weighted by Crippen LogP contribution is 2.26. The molecule has 4 nitrogen and oxygen atoms in total. The van der Waals surface area contributed by atoms with Crippen molar-refractivity contribution in [3.05, 3.63) is 18.1 Å². The first-order valence-electron chi connectivity index (χ1n) is 5.30. The van der Waals surface area contributed by atoms with Crippen LogP contribution in [-0.2, 0) is 10.9 Å². The highest BCUT2D eigenvalue weighted by atomic mass is 19.4. The van der Waals surface area contributed by atoms with E-state index in [-0.39, 0.29) is 11.9 Å². The molecule has 0 amide bonds. The maximum atomic E-state index is 12.4. The van der Waals surface area contributed by atoms with Gasteiger partial charge in [0, 0.05) is 12.8 Å². The number of rotatable bonds is 2. The van der Waals surface area contributed by atoms with Crippen LogP contribution in [0.4, 0.5) is 19.0 Å². The lowest BCUT2D eigenvalue weighted by molar-refractivity contribution is -0.144. The molecular formula is C10H12F3N3O. The summed E-state index contributed by atoms with van der Waals surface area (Å²) in [5.41, 5.74) is 0. The Labute approximate surface area is 96.2 Å². The van der Waals surface area contributed by atoms with E-state index in [0.29, 0.717) is 13.2 Å². The summed E-state index contributed by atoms with van der Waals surface area (Å²) in [5, 5.41) is 2.92. The molecular weight excluding hydrogens is 235 g/mol. The molecule has 17 heavy (non-hydrogen) atoms. The van der Waals surface area contributed by atoms with Gasteiger partial charge in [0.05, 0.1) is 12.6 Å². The van der Waals surface area contributed by atoms with Gasteiger partial charge >= 0.3 is 6.18 Å². The van der Waals surface area contributed by atoms with E-state index in [2.05, 4.69) is 15.3 Å². The van der Waals surface area contributed by atoms with Crippen LogP contribution in [0, 0.1) is 0 Å². The third kappa shape index (κ3) is 3.29. The van der Waals surface area contributed by atoms with E-state index in [0.717, 1.165) is 19.0 Å². The quantitative estimate of drug-likeness (QED) is 0.869. The molecule has 1 atom stereocenters. The van der Waals surface area contributed by atoms with Crippen molar-refractivity contribution >= 4 is 5.82 Å². The van der Waals surface area contributed by atoms with E-state index in [4.69, 9.17) is 4.74 Å². The second-order valence-electron chi connectivity index (χ2n) is 3.82. The number of hydrogen-bond acceptors (Lipinski definition) is 4. The largest absolute Gasteiger partial charge is 0.451 e. The monoisotopic (exact) mass is 247 g/mol. The zero-order valence-corrected chi connectivity index (χ0v) is 9.00. The number of ether oxygens (including phenoxy) is 1. The minimum absolute atomic E-state index is 0.0136. The number of halogens is 3. The van der Waals surface area contributed by atoms with Gasteiger partial charge in [0.15, 0.2) is 0 Å². The Kier molecular flexibility index (Phi) is 3.46. The average Bonchev–Trinajstić information content (AvgIpc) is 2.29. The van der Waals surface area contributed by atoms with Gasteiger partial charge in [0.25, 0.3) is 0 Å². The molecule has 0 radical (unpaired) electrons. The predicted molar refractivity (Wildman–Crippen MR) is 54.5 cm³/mol. The van der Waals surface area contributed by atoms with Crippen LogP contribution in [0.1, 0.15) is 18.7 Å². The van der Waals surface area contributed by atoms with Crippen molar-refractivity contribution in [1.82, 2.24) is 9.97 Å². The van der Waals surface area contributed by atoms with Crippen molar-refractivity contribution in [2.75, 3.05) is 18.5 Å². The number of anilines is 1. The van der Waals surface area contributed by atoms with Gasteiger partial charge < -0.3 is 10.1 Å². The van der Waals surface area contributed by atoms with Gasteiger partial charge in [-0.2, -0.15) is 13.2 Å². The van der Waals surface area contributed by atoms with E-state index >= 15 is 0 Å². The molecule has 1 aliphatic rings. The summed E-state index contributed by atoms with van der Waals surface area (Å²) in [5.74, 6) is -0.943. The second kappa shape index (κ2) is 4.87. The molecule has 0 aliphatic carbocycles. The smallest absolute Gasteiger partial charge is 0.379 e. The lowest BCUT2D eigenvalue weighted by atomic mass is 10.1. The van der Waals surface area contributed by atoms with Crippen molar-refractivity contribution in [3.8, 4) is 0 Å². The standard InChI is InChI=1S/C10H12F3N3O/c11-10(12,13)9-14-4-3-8(16-9)15-7-2-1-5-17-6-7/h3-4,7H,1-2,5-6H2,(H,14,15,16). The molecule has 0 spiro atoms. The SMILES string of the molecule is FC(F)(F)c1nccc(NC2CCCOC2)n1. The van der Waals surface area contributed by atoms with E-state index < -0.39 is 12.0 Å². The molecule has 94 valence electrons. The Morgan fingerprint density at radius 1 is 1.41 bits per heavy atom. The van der Waals surface area contributed by atoms with E-state index in [1.54, 1.807) is 0 Å². The highest BCUT2D eigenvalue weighted by molar-refractivity contribution is 5.34. The van der Waals surface area contributed by atoms with Crippen LogP contribution in [0.2, 0.25) is 0 Å². The van der Waals surface area contributed by atoms with Gasteiger partial charge in [0.1, 0.15) is 5.82 Å². The lowest BCUT2D eigenvalue weighted by Crippen LogP contribution is -2.30. The van der Waals surface area contributed by atoms with Gasteiger partial charge in [0.2, 0.25) is 5.82 Å². The maximum Gasteiger partial charge on any atom is 0.451 e. The molecule has 1 aromatic rings. The molecule has 2 rings (SSSR count). The zero-order valence-electron chi connectivity index (χ0n) is 9.00. The normalized spacial score (nSPS) is 21.2. The summed E-state index contributed by atoms with van der Waals surface area (Å²) >= 11 is 0. The molecule has 1 saturated heterocycles. The molecule has 1 aliphatic heterocycles. The topological polar surface area (TPSA) is 47.0 Å². The van der Waals surface area contributed by atoms with Crippen LogP contribution < -0.4 is 5.32 Å². The molecule has 7 heteroatoms. The molecule has 0 saturated carbocycles. The fraction of sp³-hybridized carbons (Fsp3) is 0.600. The molecule has 1 fully saturated rings. The third-order valence-electron chi connectivity index (χ3n) is 2.42. The van der Waals surface area contributed by atoms with Gasteiger partial charge in [-0.05, 0) is 18.9 Å². The first kappa shape index (κ1) is 12.1. The van der Waals surface area contributed by atoms with Crippen LogP contribution in [0.25, 0.3) is 0 Å². The molecule has 0 aromatic carbocycles. The predicted octanol–water partition coefficient (Wildman–Crippen LogP) is 2.09. The first-order valence-corrected chi connectivity index (χ1v) is 5.30. The van der Waals surface area contributed by atoms with E-state index in [9.17, 15) is 13.2 Å². The highest BCUT2D eigenvalue weighted by Gasteiger charge is 2.34. The number of hydrogen-bond donors (Lipinski definition) is 1. The lowest BCUT2D eigenvalue weighted by Gasteiger charge is -2.23. The summed E-state index contributed by atoms with van der Waals surface area (Å²) in [7, 11) is 0. The van der Waals surface area contributed by atoms with Crippen LogP contribution in [0.5, 0.6) is 0 Å². The summed E-state index contributed by atoms with van der Waals surface area (Å²) in [4.78, 5) is 6.63. The first-order chi connectivity index (χ1) is 8.05. The Morgan fingerprint density at radius 2 is 2.24 bits per heavy atom. The minimum Gasteiger partial charge on any atom is -0.379 e. The van der Waals surface area contributed by atoms with Gasteiger partial charge in [-0.3, -0.25) is 0 Å². The average molecular weight is 247 g/mol. The second-order valence-corrected chi connectivity index (χ2v) is 3.82. The van der Waals surface area contributed by atoms with Gasteiger partial charge in [-0.15, -0.1) is 0 Å².